The Bertz CT molecular complexity index is 1170. The van der Waals surface area contributed by atoms with Crippen LogP contribution in [0.2, 0.25) is 0 Å². The third kappa shape index (κ3) is 3.11. The van der Waals surface area contributed by atoms with Crippen LogP contribution in [0, 0.1) is 5.82 Å². The molecule has 1 amide bonds. The Morgan fingerprint density at radius 3 is 2.81 bits per heavy atom. The molecule has 3 heterocycles. The molecule has 1 N–H and O–H groups in total. The van der Waals surface area contributed by atoms with E-state index in [0.29, 0.717) is 27.3 Å². The number of ketones is 1. The Labute approximate surface area is 157 Å². The third-order valence-corrected chi connectivity index (χ3v) is 4.83. The van der Waals surface area contributed by atoms with Crippen LogP contribution in [0.4, 0.5) is 10.1 Å². The summed E-state index contributed by atoms with van der Waals surface area (Å²) in [5, 5.41) is 8.59. The van der Waals surface area contributed by atoms with Gasteiger partial charge in [-0.15, -0.1) is 11.3 Å². The standard InChI is InChI=1S/C19H13FN4O2S/c1-11(25)23-15-9-12(4-5-14(15)20)16-6-7-21-19-13(10-22-24(16)19)18(26)17-3-2-8-27-17/h2-10H,1H3,(H,23,25). The molecule has 0 spiro atoms. The third-order valence-electron chi connectivity index (χ3n) is 3.96. The number of fused-ring (bicyclic) bond motifs is 1. The number of rotatable bonds is 4. The van der Waals surface area contributed by atoms with Gasteiger partial charge in [0.15, 0.2) is 5.65 Å². The molecule has 6 nitrogen and oxygen atoms in total. The summed E-state index contributed by atoms with van der Waals surface area (Å²) in [6.07, 6.45) is 3.05. The summed E-state index contributed by atoms with van der Waals surface area (Å²) in [5.74, 6) is -1.05. The summed E-state index contributed by atoms with van der Waals surface area (Å²) in [6.45, 7) is 1.31. The molecular weight excluding hydrogens is 367 g/mol. The fourth-order valence-electron chi connectivity index (χ4n) is 2.78. The Balaban J connectivity index is 1.82. The molecule has 0 unspecified atom stereocenters. The van der Waals surface area contributed by atoms with E-state index in [4.69, 9.17) is 0 Å². The van der Waals surface area contributed by atoms with E-state index in [9.17, 15) is 14.0 Å². The highest BCUT2D eigenvalue weighted by atomic mass is 32.1. The molecule has 0 aliphatic carbocycles. The van der Waals surface area contributed by atoms with Crippen molar-refractivity contribution < 1.29 is 14.0 Å². The molecule has 134 valence electrons. The predicted molar refractivity (Wildman–Crippen MR) is 100 cm³/mol. The summed E-state index contributed by atoms with van der Waals surface area (Å²) >= 11 is 1.35. The molecule has 0 bridgehead atoms. The highest BCUT2D eigenvalue weighted by Gasteiger charge is 2.19. The van der Waals surface area contributed by atoms with Crippen LogP contribution in [-0.4, -0.2) is 26.3 Å². The van der Waals surface area contributed by atoms with Crippen LogP contribution in [0.3, 0.4) is 0 Å². The summed E-state index contributed by atoms with van der Waals surface area (Å²) < 4.78 is 15.5. The lowest BCUT2D eigenvalue weighted by Crippen LogP contribution is -2.08. The van der Waals surface area contributed by atoms with Crippen LogP contribution in [0.5, 0.6) is 0 Å². The number of hydrogen-bond acceptors (Lipinski definition) is 5. The van der Waals surface area contributed by atoms with E-state index in [1.165, 1.54) is 41.1 Å². The molecule has 4 aromatic rings. The van der Waals surface area contributed by atoms with Crippen molar-refractivity contribution in [2.75, 3.05) is 5.32 Å². The Morgan fingerprint density at radius 1 is 1.22 bits per heavy atom. The van der Waals surface area contributed by atoms with Gasteiger partial charge in [0.1, 0.15) is 5.82 Å². The van der Waals surface area contributed by atoms with Crippen molar-refractivity contribution in [3.63, 3.8) is 0 Å². The van der Waals surface area contributed by atoms with Gasteiger partial charge in [0, 0.05) is 18.7 Å². The fourth-order valence-corrected chi connectivity index (χ4v) is 3.46. The van der Waals surface area contributed by atoms with Crippen molar-refractivity contribution in [3.05, 3.63) is 70.4 Å². The monoisotopic (exact) mass is 380 g/mol. The van der Waals surface area contributed by atoms with E-state index in [0.717, 1.165) is 0 Å². The fraction of sp³-hybridized carbons (Fsp3) is 0.0526. The molecule has 0 aliphatic rings. The van der Waals surface area contributed by atoms with Gasteiger partial charge in [-0.3, -0.25) is 9.59 Å². The molecule has 3 aromatic heterocycles. The van der Waals surface area contributed by atoms with Crippen LogP contribution >= 0.6 is 11.3 Å². The summed E-state index contributed by atoms with van der Waals surface area (Å²) in [7, 11) is 0. The van der Waals surface area contributed by atoms with E-state index >= 15 is 0 Å². The quantitative estimate of drug-likeness (QED) is 0.547. The maximum Gasteiger partial charge on any atom is 0.221 e. The van der Waals surface area contributed by atoms with Crippen molar-refractivity contribution in [2.45, 2.75) is 6.92 Å². The number of thiophene rings is 1. The van der Waals surface area contributed by atoms with Gasteiger partial charge in [-0.2, -0.15) is 5.10 Å². The van der Waals surface area contributed by atoms with Gasteiger partial charge in [-0.1, -0.05) is 6.07 Å². The zero-order valence-corrected chi connectivity index (χ0v) is 15.0. The number of benzene rings is 1. The van der Waals surface area contributed by atoms with Crippen LogP contribution in [0.15, 0.2) is 54.2 Å². The average Bonchev–Trinajstić information content (AvgIpc) is 3.32. The smallest absolute Gasteiger partial charge is 0.221 e. The van der Waals surface area contributed by atoms with Crippen molar-refractivity contribution in [2.24, 2.45) is 0 Å². The number of amides is 1. The number of anilines is 1. The van der Waals surface area contributed by atoms with E-state index in [1.54, 1.807) is 24.4 Å². The van der Waals surface area contributed by atoms with Crippen LogP contribution < -0.4 is 5.32 Å². The molecule has 0 atom stereocenters. The van der Waals surface area contributed by atoms with Crippen LogP contribution in [0.1, 0.15) is 22.2 Å². The average molecular weight is 380 g/mol. The Morgan fingerprint density at radius 2 is 2.07 bits per heavy atom. The normalized spacial score (nSPS) is 10.9. The highest BCUT2D eigenvalue weighted by Crippen LogP contribution is 2.27. The zero-order chi connectivity index (χ0) is 19.0. The van der Waals surface area contributed by atoms with E-state index in [2.05, 4.69) is 15.4 Å². The minimum atomic E-state index is -0.534. The number of nitrogens with zero attached hydrogens (tertiary/aromatic N) is 3. The molecule has 4 rings (SSSR count). The lowest BCUT2D eigenvalue weighted by molar-refractivity contribution is -0.114. The van der Waals surface area contributed by atoms with Crippen molar-refractivity contribution in [1.82, 2.24) is 14.6 Å². The van der Waals surface area contributed by atoms with Gasteiger partial charge in [-0.05, 0) is 35.7 Å². The molecule has 1 aromatic carbocycles. The second-order valence-corrected chi connectivity index (χ2v) is 6.75. The first-order valence-electron chi connectivity index (χ1n) is 8.03. The van der Waals surface area contributed by atoms with Crippen molar-refractivity contribution >= 4 is 34.4 Å². The number of carbonyl (C=O) groups excluding carboxylic acids is 2. The van der Waals surface area contributed by atoms with E-state index in [1.807, 2.05) is 11.4 Å². The minimum Gasteiger partial charge on any atom is -0.324 e. The lowest BCUT2D eigenvalue weighted by atomic mass is 10.1. The minimum absolute atomic E-state index is 0.0759. The molecule has 8 heteroatoms. The van der Waals surface area contributed by atoms with Crippen LogP contribution in [0.25, 0.3) is 16.9 Å². The first kappa shape index (κ1) is 17.0. The van der Waals surface area contributed by atoms with Gasteiger partial charge in [-0.25, -0.2) is 13.9 Å². The second-order valence-electron chi connectivity index (χ2n) is 5.81. The molecule has 0 aliphatic heterocycles. The molecule has 0 radical (unpaired) electrons. The first-order chi connectivity index (χ1) is 13.0. The number of aromatic nitrogens is 3. The van der Waals surface area contributed by atoms with Gasteiger partial charge in [0.05, 0.1) is 28.0 Å². The Hall–Kier alpha value is -3.39. The largest absolute Gasteiger partial charge is 0.324 e. The number of carbonyl (C=O) groups is 2. The number of hydrogen-bond donors (Lipinski definition) is 1. The second kappa shape index (κ2) is 6.73. The highest BCUT2D eigenvalue weighted by molar-refractivity contribution is 7.12. The summed E-state index contributed by atoms with van der Waals surface area (Å²) in [5.41, 5.74) is 2.13. The van der Waals surface area contributed by atoms with Gasteiger partial charge >= 0.3 is 0 Å². The zero-order valence-electron chi connectivity index (χ0n) is 14.1. The maximum atomic E-state index is 13.9. The van der Waals surface area contributed by atoms with Crippen molar-refractivity contribution in [3.8, 4) is 11.3 Å². The number of nitrogens with one attached hydrogen (secondary N) is 1. The lowest BCUT2D eigenvalue weighted by Gasteiger charge is -2.09. The molecule has 0 fully saturated rings. The Kier molecular flexibility index (Phi) is 4.25. The maximum absolute atomic E-state index is 13.9. The summed E-state index contributed by atoms with van der Waals surface area (Å²) in [6, 6.07) is 9.65. The first-order valence-corrected chi connectivity index (χ1v) is 8.91. The van der Waals surface area contributed by atoms with Gasteiger partial charge in [0.2, 0.25) is 11.7 Å². The van der Waals surface area contributed by atoms with E-state index < -0.39 is 5.82 Å². The molecule has 27 heavy (non-hydrogen) atoms. The van der Waals surface area contributed by atoms with Gasteiger partial charge in [0.25, 0.3) is 0 Å². The predicted octanol–water partition coefficient (Wildman–Crippen LogP) is 3.79. The molecule has 0 saturated carbocycles. The van der Waals surface area contributed by atoms with Crippen LogP contribution in [-0.2, 0) is 4.79 Å². The van der Waals surface area contributed by atoms with E-state index in [-0.39, 0.29) is 17.4 Å². The topological polar surface area (TPSA) is 76.4 Å². The SMILES string of the molecule is CC(=O)Nc1cc(-c2ccnc3c(C(=O)c4cccs4)cnn23)ccc1F. The molecule has 0 saturated heterocycles. The van der Waals surface area contributed by atoms with Gasteiger partial charge < -0.3 is 5.32 Å². The summed E-state index contributed by atoms with van der Waals surface area (Å²) in [4.78, 5) is 28.8. The van der Waals surface area contributed by atoms with Crippen molar-refractivity contribution in [1.29, 1.82) is 0 Å². The molecular formula is C19H13FN4O2S. The number of halogens is 1.